The largest absolute Gasteiger partial charge is 0.494 e. The first-order chi connectivity index (χ1) is 14.7. The molecule has 2 aromatic heterocycles. The third kappa shape index (κ3) is 4.03. The number of rotatable bonds is 5. The first kappa shape index (κ1) is 20.6. The maximum atomic E-state index is 12.9. The molecule has 1 saturated carbocycles. The van der Waals surface area contributed by atoms with E-state index < -0.39 is 23.7 Å². The minimum atomic E-state index is -4.66. The van der Waals surface area contributed by atoms with Gasteiger partial charge in [-0.1, -0.05) is 6.07 Å². The number of nitrogens with zero attached hydrogens (tertiary/aromatic N) is 3. The van der Waals surface area contributed by atoms with Gasteiger partial charge in [-0.25, -0.2) is 4.98 Å². The Morgan fingerprint density at radius 2 is 2.00 bits per heavy atom. The Hall–Kier alpha value is -3.63. The summed E-state index contributed by atoms with van der Waals surface area (Å²) in [5, 5.41) is 16.7. The van der Waals surface area contributed by atoms with Gasteiger partial charge in [0.2, 0.25) is 0 Å². The minimum Gasteiger partial charge on any atom is -0.494 e. The molecule has 8 nitrogen and oxygen atoms in total. The predicted octanol–water partition coefficient (Wildman–Crippen LogP) is 3.75. The summed E-state index contributed by atoms with van der Waals surface area (Å²) >= 11 is 0. The second-order valence-electron chi connectivity index (χ2n) is 7.24. The van der Waals surface area contributed by atoms with Crippen LogP contribution in [-0.2, 0) is 11.0 Å². The Labute approximate surface area is 173 Å². The summed E-state index contributed by atoms with van der Waals surface area (Å²) in [6.07, 6.45) is -1.98. The molecule has 0 radical (unpaired) electrons. The summed E-state index contributed by atoms with van der Waals surface area (Å²) in [5.74, 6) is -1.76. The maximum absolute atomic E-state index is 12.9. The molecule has 1 fully saturated rings. The average molecular weight is 434 g/mol. The molecular formula is C20H17F3N4O4. The summed E-state index contributed by atoms with van der Waals surface area (Å²) < 4.78 is 45.6. The van der Waals surface area contributed by atoms with Gasteiger partial charge in [0.05, 0.1) is 30.3 Å². The van der Waals surface area contributed by atoms with Crippen LogP contribution in [0.4, 0.5) is 18.9 Å². The molecule has 0 aliphatic heterocycles. The van der Waals surface area contributed by atoms with Crippen molar-refractivity contribution in [3.05, 3.63) is 47.9 Å². The normalized spacial score (nSPS) is 18.5. The Bertz CT molecular complexity index is 1170. The smallest absolute Gasteiger partial charge is 0.433 e. The van der Waals surface area contributed by atoms with Crippen LogP contribution in [0, 0.1) is 5.92 Å². The lowest BCUT2D eigenvalue weighted by Gasteiger charge is -2.32. The minimum absolute atomic E-state index is 0.0353. The van der Waals surface area contributed by atoms with Crippen molar-refractivity contribution >= 4 is 28.5 Å². The van der Waals surface area contributed by atoms with Crippen LogP contribution < -0.4 is 10.1 Å². The van der Waals surface area contributed by atoms with Crippen LogP contribution in [0.25, 0.3) is 10.9 Å². The number of anilines is 1. The topological polar surface area (TPSA) is 106 Å². The van der Waals surface area contributed by atoms with Crippen molar-refractivity contribution in [2.24, 2.45) is 5.92 Å². The van der Waals surface area contributed by atoms with Crippen LogP contribution in [0.2, 0.25) is 0 Å². The molecule has 2 N–H and O–H groups in total. The molecule has 162 valence electrons. The van der Waals surface area contributed by atoms with E-state index in [1.54, 1.807) is 23.0 Å². The van der Waals surface area contributed by atoms with Gasteiger partial charge in [0, 0.05) is 17.6 Å². The molecular weight excluding hydrogens is 417 g/mol. The van der Waals surface area contributed by atoms with Crippen molar-refractivity contribution in [1.29, 1.82) is 0 Å². The first-order valence-electron chi connectivity index (χ1n) is 9.31. The van der Waals surface area contributed by atoms with Crippen LogP contribution in [0.15, 0.2) is 36.5 Å². The number of pyridine rings is 1. The maximum Gasteiger partial charge on any atom is 0.433 e. The molecule has 31 heavy (non-hydrogen) atoms. The van der Waals surface area contributed by atoms with Gasteiger partial charge in [-0.2, -0.15) is 18.3 Å². The number of nitrogens with one attached hydrogen (secondary N) is 1. The van der Waals surface area contributed by atoms with Gasteiger partial charge in [0.1, 0.15) is 17.1 Å². The molecule has 0 unspecified atom stereocenters. The van der Waals surface area contributed by atoms with Crippen LogP contribution in [-0.4, -0.2) is 38.9 Å². The highest BCUT2D eigenvalue weighted by Gasteiger charge is 2.36. The standard InChI is InChI=1S/C20H17F3N4O4/c1-31-16-8-14-11(9-27(26-14)12-5-10(6-12)19(29)30)7-15(16)25-18(28)13-3-2-4-17(24-13)20(21,22)23/h2-4,7-10,12H,5-6H2,1H3,(H,25,28)(H,29,30)/t10-,12-. The van der Waals surface area contributed by atoms with E-state index in [0.717, 1.165) is 12.1 Å². The number of carbonyl (C=O) groups excluding carboxylic acids is 1. The highest BCUT2D eigenvalue weighted by atomic mass is 19.4. The SMILES string of the molecule is COc1cc2nn([C@H]3C[C@H](C(=O)O)C3)cc2cc1NC(=O)c1cccc(C(F)(F)F)n1. The first-order valence-corrected chi connectivity index (χ1v) is 9.31. The number of methoxy groups -OCH3 is 1. The Kier molecular flexibility index (Phi) is 5.03. The lowest BCUT2D eigenvalue weighted by atomic mass is 9.80. The molecule has 1 aromatic carbocycles. The molecule has 3 aromatic rings. The molecule has 0 spiro atoms. The van der Waals surface area contributed by atoms with E-state index >= 15 is 0 Å². The lowest BCUT2D eigenvalue weighted by Crippen LogP contribution is -2.32. The molecule has 1 amide bonds. The summed E-state index contributed by atoms with van der Waals surface area (Å²) in [4.78, 5) is 26.9. The third-order valence-corrected chi connectivity index (χ3v) is 5.20. The van der Waals surface area contributed by atoms with Crippen LogP contribution in [0.3, 0.4) is 0 Å². The summed E-state index contributed by atoms with van der Waals surface area (Å²) in [7, 11) is 1.39. The number of fused-ring (bicyclic) bond motifs is 1. The third-order valence-electron chi connectivity index (χ3n) is 5.20. The van der Waals surface area contributed by atoms with Gasteiger partial charge < -0.3 is 15.2 Å². The molecule has 4 rings (SSSR count). The molecule has 0 bridgehead atoms. The van der Waals surface area contributed by atoms with Gasteiger partial charge in [-0.05, 0) is 31.0 Å². The van der Waals surface area contributed by atoms with Crippen molar-refractivity contribution in [2.75, 3.05) is 12.4 Å². The number of ether oxygens (including phenoxy) is 1. The van der Waals surface area contributed by atoms with E-state index in [0.29, 0.717) is 23.7 Å². The number of carboxylic acid groups (broad SMARTS) is 1. The zero-order valence-corrected chi connectivity index (χ0v) is 16.2. The second-order valence-corrected chi connectivity index (χ2v) is 7.24. The number of hydrogen-bond acceptors (Lipinski definition) is 5. The highest BCUT2D eigenvalue weighted by molar-refractivity contribution is 6.05. The Morgan fingerprint density at radius 3 is 2.65 bits per heavy atom. The van der Waals surface area contributed by atoms with E-state index in [-0.39, 0.29) is 29.1 Å². The second kappa shape index (κ2) is 7.56. The average Bonchev–Trinajstić information content (AvgIpc) is 3.07. The molecule has 11 heteroatoms. The van der Waals surface area contributed by atoms with Gasteiger partial charge in [-0.3, -0.25) is 14.3 Å². The highest BCUT2D eigenvalue weighted by Crippen LogP contribution is 2.39. The van der Waals surface area contributed by atoms with Crippen molar-refractivity contribution < 1.29 is 32.6 Å². The van der Waals surface area contributed by atoms with Crippen molar-refractivity contribution in [1.82, 2.24) is 14.8 Å². The number of aromatic nitrogens is 3. The van der Waals surface area contributed by atoms with Gasteiger partial charge in [-0.15, -0.1) is 0 Å². The van der Waals surface area contributed by atoms with E-state index in [2.05, 4.69) is 15.4 Å². The monoisotopic (exact) mass is 434 g/mol. The molecule has 2 heterocycles. The number of carboxylic acids is 1. The van der Waals surface area contributed by atoms with Gasteiger partial charge in [0.15, 0.2) is 0 Å². The number of halogens is 3. The van der Waals surface area contributed by atoms with Crippen molar-refractivity contribution in [2.45, 2.75) is 25.1 Å². The van der Waals surface area contributed by atoms with Crippen molar-refractivity contribution in [3.8, 4) is 5.75 Å². The van der Waals surface area contributed by atoms with E-state index in [9.17, 15) is 22.8 Å². The van der Waals surface area contributed by atoms with Crippen molar-refractivity contribution in [3.63, 3.8) is 0 Å². The molecule has 0 atom stereocenters. The number of amides is 1. The molecule has 0 saturated heterocycles. The van der Waals surface area contributed by atoms with Gasteiger partial charge in [0.25, 0.3) is 5.91 Å². The summed E-state index contributed by atoms with van der Waals surface area (Å²) in [6, 6.07) is 6.23. The summed E-state index contributed by atoms with van der Waals surface area (Å²) in [6.45, 7) is 0. The number of hydrogen-bond donors (Lipinski definition) is 2. The fourth-order valence-corrected chi connectivity index (χ4v) is 3.44. The number of benzene rings is 1. The van der Waals surface area contributed by atoms with E-state index in [1.807, 2.05) is 0 Å². The van der Waals surface area contributed by atoms with E-state index in [1.165, 1.54) is 13.2 Å². The van der Waals surface area contributed by atoms with Crippen LogP contribution in [0.5, 0.6) is 5.75 Å². The van der Waals surface area contributed by atoms with E-state index in [4.69, 9.17) is 9.84 Å². The predicted molar refractivity (Wildman–Crippen MR) is 103 cm³/mol. The Morgan fingerprint density at radius 1 is 1.26 bits per heavy atom. The quantitative estimate of drug-likeness (QED) is 0.634. The number of carbonyl (C=O) groups is 2. The molecule has 1 aliphatic carbocycles. The van der Waals surface area contributed by atoms with Crippen LogP contribution in [0.1, 0.15) is 35.1 Å². The zero-order valence-electron chi connectivity index (χ0n) is 16.2. The Balaban J connectivity index is 1.59. The molecule has 1 aliphatic rings. The fraction of sp³-hybridized carbons (Fsp3) is 0.300. The number of alkyl halides is 3. The van der Waals surface area contributed by atoms with Crippen LogP contribution >= 0.6 is 0 Å². The lowest BCUT2D eigenvalue weighted by molar-refractivity contribution is -0.146. The fourth-order valence-electron chi connectivity index (χ4n) is 3.44. The van der Waals surface area contributed by atoms with Gasteiger partial charge >= 0.3 is 12.1 Å². The zero-order chi connectivity index (χ0) is 22.3. The number of aliphatic carboxylic acids is 1. The summed E-state index contributed by atoms with van der Waals surface area (Å²) in [5.41, 5.74) is -0.729.